The fourth-order valence-electron chi connectivity index (χ4n) is 3.30. The van der Waals surface area contributed by atoms with Crippen LogP contribution in [0.1, 0.15) is 17.7 Å². The van der Waals surface area contributed by atoms with Crippen LogP contribution in [0.25, 0.3) is 0 Å². The van der Waals surface area contributed by atoms with E-state index in [1.165, 1.54) is 4.88 Å². The van der Waals surface area contributed by atoms with E-state index >= 15 is 0 Å². The Morgan fingerprint density at radius 2 is 2.28 bits per heavy atom. The van der Waals surface area contributed by atoms with E-state index in [2.05, 4.69) is 37.6 Å². The van der Waals surface area contributed by atoms with Gasteiger partial charge in [-0.1, -0.05) is 6.07 Å². The van der Waals surface area contributed by atoms with Gasteiger partial charge in [-0.15, -0.1) is 11.3 Å². The standard InChI is InChI=1S/C18H30N4O2S/c1-19-18(20-6-12-23-15-16-4-2-11-24-16)22-9-7-21(8-10-22)14-17-5-3-13-25-17/h3,5,13,16H,2,4,6-12,14-15H2,1H3,(H,19,20). The zero-order valence-electron chi connectivity index (χ0n) is 15.2. The Balaban J connectivity index is 1.30. The maximum Gasteiger partial charge on any atom is 0.193 e. The molecule has 3 heterocycles. The zero-order chi connectivity index (χ0) is 17.3. The second-order valence-electron chi connectivity index (χ2n) is 6.53. The lowest BCUT2D eigenvalue weighted by molar-refractivity contribution is 0.0189. The molecule has 2 aliphatic heterocycles. The summed E-state index contributed by atoms with van der Waals surface area (Å²) < 4.78 is 11.3. The minimum atomic E-state index is 0.302. The molecule has 3 rings (SSSR count). The summed E-state index contributed by atoms with van der Waals surface area (Å²) in [6.45, 7) is 8.32. The Morgan fingerprint density at radius 1 is 1.40 bits per heavy atom. The van der Waals surface area contributed by atoms with Gasteiger partial charge in [0, 0.05) is 57.8 Å². The van der Waals surface area contributed by atoms with Crippen molar-refractivity contribution in [2.45, 2.75) is 25.5 Å². The van der Waals surface area contributed by atoms with Gasteiger partial charge in [-0.05, 0) is 24.3 Å². The highest BCUT2D eigenvalue weighted by Gasteiger charge is 2.20. The van der Waals surface area contributed by atoms with Crippen LogP contribution >= 0.6 is 11.3 Å². The quantitative estimate of drug-likeness (QED) is 0.452. The summed E-state index contributed by atoms with van der Waals surface area (Å²) in [6.07, 6.45) is 2.60. The van der Waals surface area contributed by atoms with E-state index < -0.39 is 0 Å². The second-order valence-corrected chi connectivity index (χ2v) is 7.56. The largest absolute Gasteiger partial charge is 0.377 e. The lowest BCUT2D eigenvalue weighted by Gasteiger charge is -2.36. The molecule has 0 aromatic carbocycles. The minimum Gasteiger partial charge on any atom is -0.377 e. The van der Waals surface area contributed by atoms with Crippen LogP contribution in [0, 0.1) is 0 Å². The summed E-state index contributed by atoms with van der Waals surface area (Å²) in [4.78, 5) is 10.7. The SMILES string of the molecule is CN=C(NCCOCC1CCCO1)N1CCN(Cc2cccs2)CC1. The van der Waals surface area contributed by atoms with Gasteiger partial charge in [0.05, 0.1) is 19.3 Å². The number of nitrogens with zero attached hydrogens (tertiary/aromatic N) is 3. The third-order valence-corrected chi connectivity index (χ3v) is 5.56. The molecule has 1 aromatic heterocycles. The fraction of sp³-hybridized carbons (Fsp3) is 0.722. The van der Waals surface area contributed by atoms with E-state index in [0.717, 1.165) is 64.7 Å². The van der Waals surface area contributed by atoms with Crippen molar-refractivity contribution in [3.8, 4) is 0 Å². The van der Waals surface area contributed by atoms with Gasteiger partial charge < -0.3 is 19.7 Å². The molecular formula is C18H30N4O2S. The zero-order valence-corrected chi connectivity index (χ0v) is 16.0. The van der Waals surface area contributed by atoms with Gasteiger partial charge in [-0.3, -0.25) is 9.89 Å². The number of hydrogen-bond donors (Lipinski definition) is 1. The van der Waals surface area contributed by atoms with E-state index in [4.69, 9.17) is 9.47 Å². The first-order valence-corrected chi connectivity index (χ1v) is 10.1. The van der Waals surface area contributed by atoms with E-state index in [9.17, 15) is 0 Å². The number of thiophene rings is 1. The summed E-state index contributed by atoms with van der Waals surface area (Å²) in [6, 6.07) is 4.34. The number of guanidine groups is 1. The molecular weight excluding hydrogens is 336 g/mol. The fourth-order valence-corrected chi connectivity index (χ4v) is 4.04. The average Bonchev–Trinajstić information content (AvgIpc) is 3.33. The van der Waals surface area contributed by atoms with Crippen molar-refractivity contribution < 1.29 is 9.47 Å². The average molecular weight is 367 g/mol. The van der Waals surface area contributed by atoms with Crippen LogP contribution in [0.4, 0.5) is 0 Å². The molecule has 1 unspecified atom stereocenters. The predicted octanol–water partition coefficient (Wildman–Crippen LogP) is 1.64. The first kappa shape index (κ1) is 18.6. The van der Waals surface area contributed by atoms with Gasteiger partial charge in [0.1, 0.15) is 0 Å². The molecule has 0 spiro atoms. The van der Waals surface area contributed by atoms with E-state index in [0.29, 0.717) is 19.3 Å². The molecule has 1 atom stereocenters. The van der Waals surface area contributed by atoms with Gasteiger partial charge in [0.15, 0.2) is 5.96 Å². The molecule has 7 heteroatoms. The van der Waals surface area contributed by atoms with Crippen LogP contribution in [0.2, 0.25) is 0 Å². The molecule has 1 N–H and O–H groups in total. The molecule has 0 bridgehead atoms. The number of ether oxygens (including phenoxy) is 2. The van der Waals surface area contributed by atoms with Crippen molar-refractivity contribution in [2.24, 2.45) is 4.99 Å². The van der Waals surface area contributed by atoms with Gasteiger partial charge in [-0.2, -0.15) is 0 Å². The smallest absolute Gasteiger partial charge is 0.193 e. The van der Waals surface area contributed by atoms with Crippen LogP contribution in [0.15, 0.2) is 22.5 Å². The van der Waals surface area contributed by atoms with Crippen molar-refractivity contribution in [3.63, 3.8) is 0 Å². The number of aliphatic imine (C=N–C) groups is 1. The summed E-state index contributed by atoms with van der Waals surface area (Å²) in [5, 5.41) is 5.57. The Labute approximate surface area is 154 Å². The minimum absolute atomic E-state index is 0.302. The van der Waals surface area contributed by atoms with Crippen molar-refractivity contribution >= 4 is 17.3 Å². The number of hydrogen-bond acceptors (Lipinski definition) is 5. The van der Waals surface area contributed by atoms with Crippen LogP contribution in [-0.2, 0) is 16.0 Å². The molecule has 0 amide bonds. The number of piperazine rings is 1. The third kappa shape index (κ3) is 5.95. The Kier molecular flexibility index (Phi) is 7.54. The maximum absolute atomic E-state index is 5.71. The van der Waals surface area contributed by atoms with Gasteiger partial charge in [0.2, 0.25) is 0 Å². The Morgan fingerprint density at radius 3 is 2.96 bits per heavy atom. The molecule has 140 valence electrons. The molecule has 2 saturated heterocycles. The summed E-state index contributed by atoms with van der Waals surface area (Å²) >= 11 is 1.84. The summed E-state index contributed by atoms with van der Waals surface area (Å²) in [5.41, 5.74) is 0. The third-order valence-electron chi connectivity index (χ3n) is 4.70. The lowest BCUT2D eigenvalue weighted by Crippen LogP contribution is -2.52. The van der Waals surface area contributed by atoms with Crippen molar-refractivity contribution in [2.75, 3.05) is 59.6 Å². The first-order valence-electron chi connectivity index (χ1n) is 9.25. The molecule has 1 aromatic rings. The Hall–Kier alpha value is -1.15. The number of nitrogens with one attached hydrogen (secondary N) is 1. The normalized spacial score (nSPS) is 22.5. The molecule has 0 radical (unpaired) electrons. The molecule has 2 fully saturated rings. The van der Waals surface area contributed by atoms with E-state index in [1.807, 2.05) is 18.4 Å². The van der Waals surface area contributed by atoms with E-state index in [1.54, 1.807) is 0 Å². The summed E-state index contributed by atoms with van der Waals surface area (Å²) in [5.74, 6) is 0.983. The Bertz CT molecular complexity index is 509. The van der Waals surface area contributed by atoms with Gasteiger partial charge >= 0.3 is 0 Å². The van der Waals surface area contributed by atoms with Crippen LogP contribution < -0.4 is 5.32 Å². The van der Waals surface area contributed by atoms with Crippen LogP contribution in [-0.4, -0.2) is 81.5 Å². The van der Waals surface area contributed by atoms with E-state index in [-0.39, 0.29) is 0 Å². The second kappa shape index (κ2) is 10.1. The van der Waals surface area contributed by atoms with Crippen LogP contribution in [0.3, 0.4) is 0 Å². The van der Waals surface area contributed by atoms with Crippen molar-refractivity contribution in [1.82, 2.24) is 15.1 Å². The van der Waals surface area contributed by atoms with Gasteiger partial charge in [0.25, 0.3) is 0 Å². The molecule has 6 nitrogen and oxygen atoms in total. The highest BCUT2D eigenvalue weighted by molar-refractivity contribution is 7.09. The van der Waals surface area contributed by atoms with Gasteiger partial charge in [-0.25, -0.2) is 0 Å². The maximum atomic E-state index is 5.71. The molecule has 0 saturated carbocycles. The highest BCUT2D eigenvalue weighted by atomic mass is 32.1. The monoisotopic (exact) mass is 366 g/mol. The van der Waals surface area contributed by atoms with Crippen molar-refractivity contribution in [1.29, 1.82) is 0 Å². The highest BCUT2D eigenvalue weighted by Crippen LogP contribution is 2.14. The summed E-state index contributed by atoms with van der Waals surface area (Å²) in [7, 11) is 1.85. The van der Waals surface area contributed by atoms with Crippen molar-refractivity contribution in [3.05, 3.63) is 22.4 Å². The number of rotatable bonds is 7. The topological polar surface area (TPSA) is 49.3 Å². The first-order chi connectivity index (χ1) is 12.3. The predicted molar refractivity (Wildman–Crippen MR) is 102 cm³/mol. The van der Waals surface area contributed by atoms with Crippen LogP contribution in [0.5, 0.6) is 0 Å². The molecule has 0 aliphatic carbocycles. The molecule has 25 heavy (non-hydrogen) atoms. The lowest BCUT2D eigenvalue weighted by atomic mass is 10.2. The molecule has 2 aliphatic rings.